The molecule has 256 valence electrons. The lowest BCUT2D eigenvalue weighted by atomic mass is 9.86. The molecule has 2 unspecified atom stereocenters. The maximum Gasteiger partial charge on any atom is 0.228 e. The molecule has 1 aromatic rings. The van der Waals surface area contributed by atoms with Gasteiger partial charge in [0.2, 0.25) is 5.91 Å². The van der Waals surface area contributed by atoms with Crippen molar-refractivity contribution >= 4 is 5.91 Å². The number of halogens is 1. The summed E-state index contributed by atoms with van der Waals surface area (Å²) < 4.78 is 12.5. The van der Waals surface area contributed by atoms with Crippen molar-refractivity contribution in [2.75, 3.05) is 19.6 Å². The van der Waals surface area contributed by atoms with Gasteiger partial charge in [-0.2, -0.15) is 0 Å². The van der Waals surface area contributed by atoms with Crippen LogP contribution in [0.15, 0.2) is 71.0 Å². The lowest BCUT2D eigenvalue weighted by molar-refractivity contribution is -0.143. The molecule has 3 nitrogen and oxygen atoms in total. The Labute approximate surface area is 278 Å². The van der Waals surface area contributed by atoms with Crippen molar-refractivity contribution in [3.63, 3.8) is 0 Å². The summed E-state index contributed by atoms with van der Waals surface area (Å²) in [6, 6.07) is 6.97. The molecule has 1 aromatic carbocycles. The number of amides is 1. The van der Waals surface area contributed by atoms with Crippen LogP contribution >= 0.6 is 0 Å². The highest BCUT2D eigenvalue weighted by molar-refractivity contribution is 5.82. The normalized spacial score (nSPS) is 17.2. The third-order valence-corrected chi connectivity index (χ3v) is 8.36. The Kier molecular flexibility index (Phi) is 21.5. The third-order valence-electron chi connectivity index (χ3n) is 8.36. The number of unbranched alkanes of at least 4 members (excludes halogenated alkanes) is 2. The molecule has 2 atom stereocenters. The first-order valence-corrected chi connectivity index (χ1v) is 17.7. The summed E-state index contributed by atoms with van der Waals surface area (Å²) in [5.41, 5.74) is 6.20. The van der Waals surface area contributed by atoms with Crippen molar-refractivity contribution in [1.82, 2.24) is 9.80 Å². The number of hydrogen-bond acceptors (Lipinski definition) is 2. The summed E-state index contributed by atoms with van der Waals surface area (Å²) in [6.45, 7) is 30.7. The van der Waals surface area contributed by atoms with Gasteiger partial charge in [0.05, 0.1) is 0 Å². The van der Waals surface area contributed by atoms with Crippen LogP contribution in [0.3, 0.4) is 0 Å². The molecular formula is C41H69FN2O. The molecule has 0 bridgehead atoms. The van der Waals surface area contributed by atoms with Gasteiger partial charge < -0.3 is 9.80 Å². The largest absolute Gasteiger partial charge is 0.371 e. The average molecular weight is 625 g/mol. The van der Waals surface area contributed by atoms with E-state index in [-0.39, 0.29) is 23.2 Å². The molecule has 0 radical (unpaired) electrons. The Morgan fingerprint density at radius 1 is 1.04 bits per heavy atom. The van der Waals surface area contributed by atoms with Crippen LogP contribution in [0.4, 0.5) is 4.39 Å². The van der Waals surface area contributed by atoms with Crippen LogP contribution in [0.25, 0.3) is 0 Å². The summed E-state index contributed by atoms with van der Waals surface area (Å²) in [4.78, 5) is 17.4. The molecule has 1 heterocycles. The fraction of sp³-hybridized carbons (Fsp3) is 0.634. The van der Waals surface area contributed by atoms with Crippen molar-refractivity contribution < 1.29 is 9.18 Å². The summed E-state index contributed by atoms with van der Waals surface area (Å²) in [5, 5.41) is 0. The second-order valence-corrected chi connectivity index (χ2v) is 13.5. The second-order valence-electron chi connectivity index (χ2n) is 13.5. The summed E-state index contributed by atoms with van der Waals surface area (Å²) in [5.74, 6) is 0.636. The molecular weight excluding hydrogens is 555 g/mol. The van der Waals surface area contributed by atoms with Crippen LogP contribution < -0.4 is 0 Å². The zero-order chi connectivity index (χ0) is 34.6. The zero-order valence-electron chi connectivity index (χ0n) is 31.5. The second kappa shape index (κ2) is 22.8. The van der Waals surface area contributed by atoms with Crippen molar-refractivity contribution in [2.24, 2.45) is 11.3 Å². The maximum absolute atomic E-state index is 12.8. The van der Waals surface area contributed by atoms with E-state index >= 15 is 0 Å². The monoisotopic (exact) mass is 625 g/mol. The fourth-order valence-electron chi connectivity index (χ4n) is 5.54. The van der Waals surface area contributed by atoms with Crippen molar-refractivity contribution in [3.05, 3.63) is 82.4 Å². The van der Waals surface area contributed by atoms with Crippen LogP contribution in [0.1, 0.15) is 134 Å². The van der Waals surface area contributed by atoms with Gasteiger partial charge in [0.25, 0.3) is 0 Å². The topological polar surface area (TPSA) is 23.6 Å². The van der Waals surface area contributed by atoms with Crippen LogP contribution in [0, 0.1) is 17.2 Å². The zero-order valence-corrected chi connectivity index (χ0v) is 31.5. The Balaban J connectivity index is 0.00000105. The number of carbonyl (C=O) groups is 1. The Hall–Kier alpha value is -2.62. The summed E-state index contributed by atoms with van der Waals surface area (Å²) in [7, 11) is 0. The molecule has 1 aliphatic rings. The van der Waals surface area contributed by atoms with E-state index in [9.17, 15) is 9.18 Å². The molecule has 0 saturated carbocycles. The predicted octanol–water partition coefficient (Wildman–Crippen LogP) is 11.7. The first-order chi connectivity index (χ1) is 21.2. The number of aryl methyl sites for hydroxylation is 1. The molecule has 0 N–H and O–H groups in total. The minimum absolute atomic E-state index is 0.133. The van der Waals surface area contributed by atoms with Crippen LogP contribution in [-0.4, -0.2) is 41.4 Å². The summed E-state index contributed by atoms with van der Waals surface area (Å²) >= 11 is 0. The third kappa shape index (κ3) is 15.5. The molecule has 0 aromatic heterocycles. The Bertz CT molecular complexity index is 1100. The molecule has 45 heavy (non-hydrogen) atoms. The smallest absolute Gasteiger partial charge is 0.228 e. The molecule has 1 amide bonds. The van der Waals surface area contributed by atoms with E-state index in [0.717, 1.165) is 50.9 Å². The molecule has 1 saturated heterocycles. The first kappa shape index (κ1) is 42.4. The van der Waals surface area contributed by atoms with Gasteiger partial charge in [-0.25, -0.2) is 4.39 Å². The van der Waals surface area contributed by atoms with Gasteiger partial charge in [-0.05, 0) is 87.3 Å². The Morgan fingerprint density at radius 3 is 2.13 bits per heavy atom. The maximum atomic E-state index is 12.8. The molecule has 0 aliphatic carbocycles. The molecule has 4 heteroatoms. The lowest BCUT2D eigenvalue weighted by Gasteiger charge is -2.44. The fourth-order valence-corrected chi connectivity index (χ4v) is 5.54. The van der Waals surface area contributed by atoms with Crippen LogP contribution in [-0.2, 0) is 11.2 Å². The van der Waals surface area contributed by atoms with Gasteiger partial charge in [0, 0.05) is 36.8 Å². The molecule has 0 spiro atoms. The summed E-state index contributed by atoms with van der Waals surface area (Å²) in [6.07, 6.45) is 17.2. The van der Waals surface area contributed by atoms with E-state index < -0.39 is 0 Å². The first-order valence-electron chi connectivity index (χ1n) is 17.7. The number of benzene rings is 1. The van der Waals surface area contributed by atoms with Gasteiger partial charge in [-0.3, -0.25) is 4.79 Å². The number of rotatable bonds is 11. The van der Waals surface area contributed by atoms with Crippen molar-refractivity contribution in [2.45, 2.75) is 141 Å². The van der Waals surface area contributed by atoms with Crippen LogP contribution in [0.2, 0.25) is 0 Å². The van der Waals surface area contributed by atoms with Gasteiger partial charge in [0.15, 0.2) is 0 Å². The quantitative estimate of drug-likeness (QED) is 0.229. The minimum atomic E-state index is -0.327. The van der Waals surface area contributed by atoms with E-state index in [1.54, 1.807) is 12.1 Å². The number of allylic oxidation sites excluding steroid dienone is 8. The van der Waals surface area contributed by atoms with Gasteiger partial charge >= 0.3 is 0 Å². The van der Waals surface area contributed by atoms with E-state index in [2.05, 4.69) is 103 Å². The van der Waals surface area contributed by atoms with E-state index in [1.807, 2.05) is 26.8 Å². The number of carbonyl (C=O) groups excluding carboxylic acids is 1. The highest BCUT2D eigenvalue weighted by atomic mass is 19.1. The van der Waals surface area contributed by atoms with Gasteiger partial charge in [-0.15, -0.1) is 0 Å². The Morgan fingerprint density at radius 2 is 1.69 bits per heavy atom. The highest BCUT2D eigenvalue weighted by Gasteiger charge is 2.34. The predicted molar refractivity (Wildman–Crippen MR) is 197 cm³/mol. The molecule has 1 aliphatic heterocycles. The SMILES string of the molecule is CCCCC.CCCc1cccc(F)c1.C\C=C(C(/C(C)=C\C=C\CC)=C(/C)N1CCN(C(=O)C(C)(C)C)C(C)C1)\C(C)CC. The van der Waals surface area contributed by atoms with Gasteiger partial charge in [0.1, 0.15) is 5.82 Å². The van der Waals surface area contributed by atoms with E-state index in [4.69, 9.17) is 0 Å². The lowest BCUT2D eigenvalue weighted by Crippen LogP contribution is -2.56. The highest BCUT2D eigenvalue weighted by Crippen LogP contribution is 2.33. The van der Waals surface area contributed by atoms with E-state index in [1.165, 1.54) is 47.7 Å². The molecule has 2 rings (SSSR count). The number of nitrogens with zero attached hydrogens (tertiary/aromatic N) is 2. The average Bonchev–Trinajstić information content (AvgIpc) is 2.99. The van der Waals surface area contributed by atoms with Crippen molar-refractivity contribution in [3.8, 4) is 0 Å². The number of hydrogen-bond donors (Lipinski definition) is 0. The minimum Gasteiger partial charge on any atom is -0.371 e. The van der Waals surface area contributed by atoms with E-state index in [0.29, 0.717) is 5.92 Å². The molecule has 1 fully saturated rings. The van der Waals surface area contributed by atoms with Crippen LogP contribution in [0.5, 0.6) is 0 Å². The van der Waals surface area contributed by atoms with Gasteiger partial charge in [-0.1, -0.05) is 124 Å². The standard InChI is InChI=1S/C27H46N2O.C9H11F.C5H12/c1-11-14-15-16-21(5)25(24(13-3)20(4)12-2)23(7)28-17-18-29(22(6)19-28)26(30)27(8,9)10;1-2-4-8-5-3-6-9(10)7-8;1-3-5-4-2/h13-16,20,22H,11-12,17-19H2,1-10H3;3,5-7H,2,4H2,1H3;3-5H2,1-2H3/b15-14+,21-16-,24-13-,25-23-;;. The number of piperazine rings is 1. The van der Waals surface area contributed by atoms with Crippen molar-refractivity contribution in [1.29, 1.82) is 0 Å².